The largest absolute Gasteiger partial charge is 0.425 e. The van der Waals surface area contributed by atoms with Crippen LogP contribution in [0.2, 0.25) is 0 Å². The summed E-state index contributed by atoms with van der Waals surface area (Å²) in [4.78, 5) is 60.2. The Morgan fingerprint density at radius 3 is 1.44 bits per heavy atom. The van der Waals surface area contributed by atoms with E-state index in [2.05, 4.69) is 0 Å². The first-order valence-electron chi connectivity index (χ1n) is 11.1. The monoisotopic (exact) mass is 490 g/mol. The van der Waals surface area contributed by atoms with Crippen molar-refractivity contribution in [1.82, 2.24) is 20.4 Å². The van der Waals surface area contributed by atoms with Crippen molar-refractivity contribution in [3.63, 3.8) is 0 Å². The van der Waals surface area contributed by atoms with Crippen LogP contribution in [0, 0.1) is 0 Å². The Morgan fingerprint density at radius 1 is 0.706 bits per heavy atom. The molecule has 2 fully saturated rings. The molecule has 2 atom stereocenters. The van der Waals surface area contributed by atoms with Gasteiger partial charge in [0.25, 0.3) is 0 Å². The molecule has 14 nitrogen and oxygen atoms in total. The molecule has 2 aliphatic rings. The molecule has 0 spiro atoms. The minimum Gasteiger partial charge on any atom is -0.383 e. The van der Waals surface area contributed by atoms with Gasteiger partial charge >= 0.3 is 23.9 Å². The molecule has 2 saturated heterocycles. The molecule has 0 aromatic carbocycles. The van der Waals surface area contributed by atoms with E-state index in [1.54, 1.807) is 24.1 Å². The molecule has 0 amide bonds. The number of piperidine rings is 2. The number of hydrogen-bond acceptors (Lipinski definition) is 14. The van der Waals surface area contributed by atoms with Gasteiger partial charge in [0.2, 0.25) is 0 Å². The van der Waals surface area contributed by atoms with Crippen molar-refractivity contribution in [3.8, 4) is 0 Å². The highest BCUT2D eigenvalue weighted by molar-refractivity contribution is 6.33. The van der Waals surface area contributed by atoms with Gasteiger partial charge in [0, 0.05) is 41.4 Å². The summed E-state index contributed by atoms with van der Waals surface area (Å²) in [6.07, 6.45) is 3.84. The van der Waals surface area contributed by atoms with Crippen LogP contribution >= 0.6 is 0 Å². The Labute approximate surface area is 198 Å². The van der Waals surface area contributed by atoms with Crippen molar-refractivity contribution < 1.29 is 47.8 Å². The third-order valence-corrected chi connectivity index (χ3v) is 5.48. The van der Waals surface area contributed by atoms with Crippen LogP contribution < -0.4 is 0 Å². The molecule has 0 radical (unpaired) electrons. The van der Waals surface area contributed by atoms with Crippen LogP contribution in [-0.2, 0) is 47.8 Å². The first kappa shape index (κ1) is 28.2. The van der Waals surface area contributed by atoms with Crippen molar-refractivity contribution >= 4 is 23.9 Å². The number of hydrogen-bond donors (Lipinski definition) is 0. The second kappa shape index (κ2) is 14.4. The highest BCUT2D eigenvalue weighted by Crippen LogP contribution is 2.21. The van der Waals surface area contributed by atoms with Crippen LogP contribution in [0.4, 0.5) is 0 Å². The zero-order valence-corrected chi connectivity index (χ0v) is 20.1. The van der Waals surface area contributed by atoms with Crippen LogP contribution in [0.3, 0.4) is 0 Å². The van der Waals surface area contributed by atoms with Crippen LogP contribution in [0.25, 0.3) is 0 Å². The van der Waals surface area contributed by atoms with Gasteiger partial charge in [0.1, 0.15) is 12.1 Å². The Bertz CT molecular complexity index is 651. The average Bonchev–Trinajstić information content (AvgIpc) is 2.85. The van der Waals surface area contributed by atoms with Crippen LogP contribution in [0.5, 0.6) is 0 Å². The SMILES string of the molecule is COCON(C)N1CCCC[C@H]1C(=O)OC(=O)C(=O)OC(=O)[C@@H]1CCCCN1N(C)OCOC. The first-order valence-corrected chi connectivity index (χ1v) is 11.1. The van der Waals surface area contributed by atoms with Crippen LogP contribution in [0.1, 0.15) is 38.5 Å². The average molecular weight is 491 g/mol. The maximum Gasteiger partial charge on any atom is 0.425 e. The topological polar surface area (TPSA) is 137 Å². The second-order valence-electron chi connectivity index (χ2n) is 7.77. The van der Waals surface area contributed by atoms with E-state index >= 15 is 0 Å². The quantitative estimate of drug-likeness (QED) is 0.129. The van der Waals surface area contributed by atoms with E-state index < -0.39 is 36.0 Å². The lowest BCUT2D eigenvalue weighted by molar-refractivity contribution is -0.315. The van der Waals surface area contributed by atoms with E-state index in [1.165, 1.54) is 24.6 Å². The smallest absolute Gasteiger partial charge is 0.383 e. The number of hydroxylamine groups is 2. The zero-order chi connectivity index (χ0) is 25.1. The highest BCUT2D eigenvalue weighted by Gasteiger charge is 2.38. The fourth-order valence-electron chi connectivity index (χ4n) is 3.79. The predicted octanol–water partition coefficient (Wildman–Crippen LogP) is -0.400. The van der Waals surface area contributed by atoms with E-state index in [4.69, 9.17) is 28.6 Å². The van der Waals surface area contributed by atoms with E-state index in [9.17, 15) is 19.2 Å². The molecule has 14 heteroatoms. The lowest BCUT2D eigenvalue weighted by Gasteiger charge is -2.38. The second-order valence-corrected chi connectivity index (χ2v) is 7.77. The summed E-state index contributed by atoms with van der Waals surface area (Å²) in [5.41, 5.74) is 0. The van der Waals surface area contributed by atoms with Gasteiger partial charge in [-0.15, -0.1) is 10.3 Å². The van der Waals surface area contributed by atoms with Gasteiger partial charge in [-0.3, -0.25) is 9.68 Å². The van der Waals surface area contributed by atoms with Gasteiger partial charge in [-0.1, -0.05) is 0 Å². The minimum absolute atomic E-state index is 0.0357. The normalized spacial score (nSPS) is 22.1. The molecule has 0 N–H and O–H groups in total. The zero-order valence-electron chi connectivity index (χ0n) is 20.1. The third-order valence-electron chi connectivity index (χ3n) is 5.48. The fourth-order valence-corrected chi connectivity index (χ4v) is 3.79. The summed E-state index contributed by atoms with van der Waals surface area (Å²) in [6.45, 7) is 0.887. The van der Waals surface area contributed by atoms with E-state index in [1.807, 2.05) is 0 Å². The molecular weight excluding hydrogens is 456 g/mol. The Morgan fingerprint density at radius 2 is 1.09 bits per heavy atom. The Kier molecular flexibility index (Phi) is 11.9. The number of esters is 4. The Balaban J connectivity index is 1.93. The van der Waals surface area contributed by atoms with Crippen LogP contribution in [-0.4, -0.2) is 111 Å². The third kappa shape index (κ3) is 8.02. The van der Waals surface area contributed by atoms with E-state index in [0.29, 0.717) is 25.9 Å². The molecule has 2 heterocycles. The highest BCUT2D eigenvalue weighted by atomic mass is 16.8. The minimum atomic E-state index is -1.56. The summed E-state index contributed by atoms with van der Waals surface area (Å²) < 4.78 is 19.2. The molecule has 34 heavy (non-hydrogen) atoms. The summed E-state index contributed by atoms with van der Waals surface area (Å²) in [5, 5.41) is 5.82. The molecule has 0 saturated carbocycles. The van der Waals surface area contributed by atoms with Crippen molar-refractivity contribution in [1.29, 1.82) is 0 Å². The molecule has 0 unspecified atom stereocenters. The van der Waals surface area contributed by atoms with Gasteiger partial charge in [-0.25, -0.2) is 29.2 Å². The summed E-state index contributed by atoms with van der Waals surface area (Å²) >= 11 is 0. The molecule has 2 rings (SSSR count). The molecule has 2 aliphatic heterocycles. The van der Waals surface area contributed by atoms with Gasteiger partial charge in [-0.2, -0.15) is 0 Å². The molecule has 194 valence electrons. The lowest BCUT2D eigenvalue weighted by atomic mass is 10.0. The lowest BCUT2D eigenvalue weighted by Crippen LogP contribution is -2.54. The number of methoxy groups -OCH3 is 2. The molecule has 0 bridgehead atoms. The van der Waals surface area contributed by atoms with E-state index in [-0.39, 0.29) is 13.6 Å². The number of nitrogens with zero attached hydrogens (tertiary/aromatic N) is 4. The number of carbonyl (C=O) groups is 4. The summed E-state index contributed by atoms with van der Waals surface area (Å²) in [5.74, 6) is -4.99. The summed E-state index contributed by atoms with van der Waals surface area (Å²) in [6, 6.07) is -1.69. The van der Waals surface area contributed by atoms with Crippen molar-refractivity contribution in [3.05, 3.63) is 0 Å². The predicted molar refractivity (Wildman–Crippen MR) is 112 cm³/mol. The van der Waals surface area contributed by atoms with Gasteiger partial charge in [-0.05, 0) is 38.5 Å². The maximum absolute atomic E-state index is 12.6. The van der Waals surface area contributed by atoms with Crippen molar-refractivity contribution in [2.75, 3.05) is 55.0 Å². The van der Waals surface area contributed by atoms with Crippen molar-refractivity contribution in [2.45, 2.75) is 50.6 Å². The molecule has 0 aromatic rings. The first-order chi connectivity index (χ1) is 16.3. The maximum atomic E-state index is 12.6. The van der Waals surface area contributed by atoms with E-state index in [0.717, 1.165) is 25.7 Å². The van der Waals surface area contributed by atoms with Gasteiger partial charge < -0.3 is 18.9 Å². The molecule has 0 aromatic heterocycles. The van der Waals surface area contributed by atoms with Gasteiger partial charge in [0.05, 0.1) is 0 Å². The Hall–Kier alpha value is -2.04. The standard InChI is InChI=1S/C20H34N4O10/c1-21(31-13-29-3)23-11-7-5-9-15(23)17(25)33-19(27)20(28)34-18(26)16-10-6-8-12-24(16)22(2)32-14-30-4/h15-16H,5-14H2,1-4H3/t15-,16-/m0/s1. The van der Waals surface area contributed by atoms with Crippen LogP contribution in [0.15, 0.2) is 0 Å². The van der Waals surface area contributed by atoms with Crippen molar-refractivity contribution in [2.24, 2.45) is 0 Å². The molecule has 0 aliphatic carbocycles. The molecular formula is C20H34N4O10. The number of hydrazine groups is 2. The number of rotatable bonds is 10. The number of carbonyl (C=O) groups excluding carboxylic acids is 4. The fraction of sp³-hybridized carbons (Fsp3) is 0.800. The summed E-state index contributed by atoms with van der Waals surface area (Å²) in [7, 11) is 6.09. The number of ether oxygens (including phenoxy) is 4. The van der Waals surface area contributed by atoms with Gasteiger partial charge in [0.15, 0.2) is 13.6 Å².